The number of alkyl carbamates (subject to hydrolysis) is 1. The third-order valence-electron chi connectivity index (χ3n) is 4.57. The predicted molar refractivity (Wildman–Crippen MR) is 106 cm³/mol. The molecule has 0 aliphatic carbocycles. The first-order valence-corrected chi connectivity index (χ1v) is 10.2. The lowest BCUT2D eigenvalue weighted by Gasteiger charge is -2.49. The largest absolute Gasteiger partial charge is 0.477 e. The summed E-state index contributed by atoms with van der Waals surface area (Å²) >= 11 is 1.20. The van der Waals surface area contributed by atoms with Crippen LogP contribution in [0, 0.1) is 10.1 Å². The second-order valence-electron chi connectivity index (χ2n) is 6.57. The first-order chi connectivity index (χ1) is 14.7. The highest BCUT2D eigenvalue weighted by molar-refractivity contribution is 8.00. The maximum atomic E-state index is 12.5. The Balaban J connectivity index is 1.60. The number of benzene rings is 1. The van der Waals surface area contributed by atoms with Crippen molar-refractivity contribution in [1.29, 1.82) is 0 Å². The molecule has 1 saturated heterocycles. The SMILES string of the molecule is CCC(=O)NC1=C(C(=O)O)N2C(=O)C(NC(=O)OCc3ccc([N+](=O)[O-])cc3)[C@H]2SC1. The second kappa shape index (κ2) is 9.04. The molecule has 31 heavy (non-hydrogen) atoms. The van der Waals surface area contributed by atoms with Crippen molar-refractivity contribution in [3.8, 4) is 0 Å². The first kappa shape index (κ1) is 22.1. The zero-order valence-corrected chi connectivity index (χ0v) is 17.0. The minimum atomic E-state index is -1.36. The topological polar surface area (TPSA) is 168 Å². The Morgan fingerprint density at radius 3 is 2.58 bits per heavy atom. The van der Waals surface area contributed by atoms with Gasteiger partial charge >= 0.3 is 12.1 Å². The van der Waals surface area contributed by atoms with E-state index in [1.165, 1.54) is 36.0 Å². The molecule has 3 rings (SSSR count). The molecule has 3 amide bonds. The van der Waals surface area contributed by atoms with Crippen LogP contribution in [-0.2, 0) is 25.7 Å². The molecule has 1 fully saturated rings. The van der Waals surface area contributed by atoms with Gasteiger partial charge in [0.25, 0.3) is 11.6 Å². The number of ether oxygens (including phenoxy) is 1. The third kappa shape index (κ3) is 4.60. The number of aliphatic carboxylic acids is 1. The molecular formula is C18H18N4O8S. The number of hydrogen-bond acceptors (Lipinski definition) is 8. The zero-order chi connectivity index (χ0) is 22.7. The van der Waals surface area contributed by atoms with Crippen molar-refractivity contribution < 1.29 is 33.9 Å². The van der Waals surface area contributed by atoms with E-state index in [0.29, 0.717) is 5.56 Å². The van der Waals surface area contributed by atoms with Crippen LogP contribution >= 0.6 is 11.8 Å². The Labute approximate surface area is 179 Å². The van der Waals surface area contributed by atoms with E-state index < -0.39 is 34.3 Å². The van der Waals surface area contributed by atoms with Crippen molar-refractivity contribution in [3.63, 3.8) is 0 Å². The van der Waals surface area contributed by atoms with Crippen molar-refractivity contribution in [3.05, 3.63) is 51.3 Å². The van der Waals surface area contributed by atoms with Gasteiger partial charge in [0.15, 0.2) is 5.70 Å². The van der Waals surface area contributed by atoms with Gasteiger partial charge in [0, 0.05) is 24.3 Å². The fraction of sp³-hybridized carbons (Fsp3) is 0.333. The molecule has 3 N–H and O–H groups in total. The van der Waals surface area contributed by atoms with Crippen LogP contribution in [0.2, 0.25) is 0 Å². The predicted octanol–water partition coefficient (Wildman–Crippen LogP) is 0.927. The minimum Gasteiger partial charge on any atom is -0.477 e. The van der Waals surface area contributed by atoms with Gasteiger partial charge in [0.05, 0.1) is 10.6 Å². The Morgan fingerprint density at radius 2 is 2.00 bits per heavy atom. The van der Waals surface area contributed by atoms with E-state index in [2.05, 4.69) is 10.6 Å². The number of nitrogens with one attached hydrogen (secondary N) is 2. The van der Waals surface area contributed by atoms with Crippen molar-refractivity contribution in [1.82, 2.24) is 15.5 Å². The molecule has 1 aromatic carbocycles. The Bertz CT molecular complexity index is 977. The summed E-state index contributed by atoms with van der Waals surface area (Å²) in [5.41, 5.74) is 0.238. The van der Waals surface area contributed by atoms with E-state index in [-0.39, 0.29) is 41.8 Å². The van der Waals surface area contributed by atoms with E-state index in [9.17, 15) is 34.4 Å². The Hall–Kier alpha value is -3.61. The number of hydrogen-bond donors (Lipinski definition) is 3. The fourth-order valence-electron chi connectivity index (χ4n) is 3.00. The average molecular weight is 450 g/mol. The molecule has 2 atom stereocenters. The monoisotopic (exact) mass is 450 g/mol. The normalized spacial score (nSPS) is 19.8. The number of nitro benzene ring substituents is 1. The van der Waals surface area contributed by atoms with Crippen LogP contribution in [0.1, 0.15) is 18.9 Å². The number of carboxylic acids is 1. The molecule has 2 aliphatic rings. The molecule has 1 aromatic rings. The van der Waals surface area contributed by atoms with Crippen molar-refractivity contribution in [2.45, 2.75) is 31.4 Å². The molecule has 0 aromatic heterocycles. The molecule has 12 nitrogen and oxygen atoms in total. The lowest BCUT2D eigenvalue weighted by molar-refractivity contribution is -0.384. The average Bonchev–Trinajstić information content (AvgIpc) is 2.75. The highest BCUT2D eigenvalue weighted by atomic mass is 32.2. The molecule has 2 aliphatic heterocycles. The number of rotatable bonds is 7. The van der Waals surface area contributed by atoms with Crippen molar-refractivity contribution in [2.75, 3.05) is 5.75 Å². The maximum absolute atomic E-state index is 12.5. The molecule has 0 spiro atoms. The van der Waals surface area contributed by atoms with Gasteiger partial charge in [0.2, 0.25) is 5.91 Å². The summed E-state index contributed by atoms with van der Waals surface area (Å²) in [5.74, 6) is -2.21. The van der Waals surface area contributed by atoms with Gasteiger partial charge in [-0.05, 0) is 17.7 Å². The van der Waals surface area contributed by atoms with Gasteiger partial charge in [-0.15, -0.1) is 11.8 Å². The third-order valence-corrected chi connectivity index (χ3v) is 5.85. The highest BCUT2D eigenvalue weighted by Crippen LogP contribution is 2.39. The van der Waals surface area contributed by atoms with Crippen LogP contribution in [0.25, 0.3) is 0 Å². The quantitative estimate of drug-likeness (QED) is 0.311. The van der Waals surface area contributed by atoms with Gasteiger partial charge in [0.1, 0.15) is 18.0 Å². The molecule has 2 heterocycles. The molecule has 0 saturated carbocycles. The lowest BCUT2D eigenvalue weighted by Crippen LogP contribution is -2.71. The molecule has 0 radical (unpaired) electrons. The number of carbonyl (C=O) groups is 4. The smallest absolute Gasteiger partial charge is 0.408 e. The number of carboxylic acid groups (broad SMARTS) is 1. The molecule has 1 unspecified atom stereocenters. The number of nitrogens with zero attached hydrogens (tertiary/aromatic N) is 2. The van der Waals surface area contributed by atoms with E-state index in [4.69, 9.17) is 4.74 Å². The number of β-lactam (4-membered cyclic amide) rings is 1. The molecular weight excluding hydrogens is 432 g/mol. The van der Waals surface area contributed by atoms with E-state index >= 15 is 0 Å². The van der Waals surface area contributed by atoms with Crippen LogP contribution in [0.3, 0.4) is 0 Å². The molecule has 13 heteroatoms. The highest BCUT2D eigenvalue weighted by Gasteiger charge is 2.54. The summed E-state index contributed by atoms with van der Waals surface area (Å²) in [6.07, 6.45) is -0.730. The first-order valence-electron chi connectivity index (χ1n) is 9.10. The fourth-order valence-corrected chi connectivity index (χ4v) is 4.28. The minimum absolute atomic E-state index is 0.0977. The summed E-state index contributed by atoms with van der Waals surface area (Å²) in [4.78, 5) is 59.0. The number of amides is 3. The Kier molecular flexibility index (Phi) is 6.44. The Morgan fingerprint density at radius 1 is 1.32 bits per heavy atom. The van der Waals surface area contributed by atoms with E-state index in [1.54, 1.807) is 6.92 Å². The standard InChI is InChI=1S/C18H18N4O8S/c1-2-12(23)19-11-8-31-16-13(15(24)21(16)14(11)17(25)26)20-18(27)30-7-9-3-5-10(6-4-9)22(28)29/h3-6,13,16H,2,7-8H2,1H3,(H,19,23)(H,20,27)(H,25,26)/t13?,16-/m1/s1. The summed E-state index contributed by atoms with van der Waals surface area (Å²) in [6, 6.07) is 4.45. The van der Waals surface area contributed by atoms with Crippen LogP contribution in [0.5, 0.6) is 0 Å². The van der Waals surface area contributed by atoms with E-state index in [1.807, 2.05) is 0 Å². The number of non-ortho nitro benzene ring substituents is 1. The second-order valence-corrected chi connectivity index (χ2v) is 7.67. The van der Waals surface area contributed by atoms with Gasteiger partial charge in [-0.1, -0.05) is 6.92 Å². The van der Waals surface area contributed by atoms with Gasteiger partial charge in [-0.2, -0.15) is 0 Å². The summed E-state index contributed by atoms with van der Waals surface area (Å²) in [7, 11) is 0. The van der Waals surface area contributed by atoms with Gasteiger partial charge < -0.3 is 20.5 Å². The van der Waals surface area contributed by atoms with Gasteiger partial charge in [-0.3, -0.25) is 24.6 Å². The van der Waals surface area contributed by atoms with Crippen LogP contribution in [-0.4, -0.2) is 56.0 Å². The number of thioether (sulfide) groups is 1. The number of carbonyl (C=O) groups excluding carboxylic acids is 3. The van der Waals surface area contributed by atoms with Crippen LogP contribution in [0.15, 0.2) is 35.7 Å². The lowest BCUT2D eigenvalue weighted by atomic mass is 10.0. The van der Waals surface area contributed by atoms with Crippen LogP contribution in [0.4, 0.5) is 10.5 Å². The number of nitro groups is 1. The maximum Gasteiger partial charge on any atom is 0.408 e. The summed E-state index contributed by atoms with van der Waals surface area (Å²) < 4.78 is 5.04. The molecule has 0 bridgehead atoms. The zero-order valence-electron chi connectivity index (χ0n) is 16.2. The van der Waals surface area contributed by atoms with E-state index in [0.717, 1.165) is 4.90 Å². The van der Waals surface area contributed by atoms with Crippen molar-refractivity contribution >= 4 is 41.3 Å². The summed E-state index contributed by atoms with van der Waals surface area (Å²) in [5, 5.41) is 24.4. The van der Waals surface area contributed by atoms with Crippen molar-refractivity contribution in [2.24, 2.45) is 0 Å². The van der Waals surface area contributed by atoms with Crippen LogP contribution < -0.4 is 10.6 Å². The van der Waals surface area contributed by atoms with Gasteiger partial charge in [-0.25, -0.2) is 9.59 Å². The summed E-state index contributed by atoms with van der Waals surface area (Å²) in [6.45, 7) is 1.45. The number of fused-ring (bicyclic) bond motifs is 1. The molecule has 164 valence electrons.